The van der Waals surface area contributed by atoms with Gasteiger partial charge in [-0.3, -0.25) is 9.59 Å². The molecule has 1 aliphatic heterocycles. The first-order chi connectivity index (χ1) is 12.1. The Morgan fingerprint density at radius 3 is 2.65 bits per heavy atom. The Morgan fingerprint density at radius 2 is 2.04 bits per heavy atom. The van der Waals surface area contributed by atoms with Crippen LogP contribution in [0.5, 0.6) is 0 Å². The van der Waals surface area contributed by atoms with Crippen molar-refractivity contribution in [2.45, 2.75) is 65.3 Å². The lowest BCUT2D eigenvalue weighted by molar-refractivity contribution is -0.158. The van der Waals surface area contributed by atoms with Crippen LogP contribution in [0.1, 0.15) is 47.5 Å². The van der Waals surface area contributed by atoms with Crippen molar-refractivity contribution in [3.05, 3.63) is 22.8 Å². The highest BCUT2D eigenvalue weighted by Gasteiger charge is 2.57. The predicted molar refractivity (Wildman–Crippen MR) is 92.9 cm³/mol. The van der Waals surface area contributed by atoms with Crippen molar-refractivity contribution in [3.63, 3.8) is 0 Å². The smallest absolute Gasteiger partial charge is 0.333 e. The summed E-state index contributed by atoms with van der Waals surface area (Å²) in [6.45, 7) is 8.52. The van der Waals surface area contributed by atoms with Crippen LogP contribution >= 0.6 is 0 Å². The van der Waals surface area contributed by atoms with Gasteiger partial charge in [0, 0.05) is 23.8 Å². The quantitative estimate of drug-likeness (QED) is 0.598. The third-order valence-electron chi connectivity index (χ3n) is 6.45. The topological polar surface area (TPSA) is 89.9 Å². The number of hydrogen-bond acceptors (Lipinski definition) is 6. The van der Waals surface area contributed by atoms with Gasteiger partial charge < -0.3 is 14.6 Å². The predicted octanol–water partition coefficient (Wildman–Crippen LogP) is 2.10. The summed E-state index contributed by atoms with van der Waals surface area (Å²) in [5, 5.41) is 11.2. The molecule has 0 aromatic rings. The number of ether oxygens (including phenoxy) is 2. The average Bonchev–Trinajstić information content (AvgIpc) is 2.97. The summed E-state index contributed by atoms with van der Waals surface area (Å²) >= 11 is 0. The molecular formula is C20H26O6. The van der Waals surface area contributed by atoms with Crippen molar-refractivity contribution in [1.82, 2.24) is 0 Å². The van der Waals surface area contributed by atoms with E-state index in [1.807, 2.05) is 0 Å². The maximum absolute atomic E-state index is 12.8. The highest BCUT2D eigenvalue weighted by atomic mass is 16.6. The molecule has 0 aromatic carbocycles. The number of hydrogen-bond donors (Lipinski definition) is 1. The van der Waals surface area contributed by atoms with Gasteiger partial charge in [0.15, 0.2) is 11.9 Å². The highest BCUT2D eigenvalue weighted by molar-refractivity contribution is 6.02. The van der Waals surface area contributed by atoms with Crippen LogP contribution in [0.2, 0.25) is 0 Å². The number of ketones is 1. The van der Waals surface area contributed by atoms with E-state index in [2.05, 4.69) is 0 Å². The van der Waals surface area contributed by atoms with E-state index in [-0.39, 0.29) is 23.6 Å². The lowest BCUT2D eigenvalue weighted by Gasteiger charge is -2.32. The number of fused-ring (bicyclic) bond motifs is 2. The minimum Gasteiger partial charge on any atom is -0.456 e. The first-order valence-electron chi connectivity index (χ1n) is 9.10. The number of carbonyl (C=O) groups is 3. The van der Waals surface area contributed by atoms with Crippen LogP contribution in [0.3, 0.4) is 0 Å². The molecule has 142 valence electrons. The normalized spacial score (nSPS) is 40.1. The number of rotatable bonds is 2. The van der Waals surface area contributed by atoms with Crippen LogP contribution < -0.4 is 0 Å². The number of esters is 2. The molecule has 0 radical (unpaired) electrons. The van der Waals surface area contributed by atoms with E-state index < -0.39 is 29.7 Å². The van der Waals surface area contributed by atoms with Crippen molar-refractivity contribution in [3.8, 4) is 0 Å². The molecule has 0 bridgehead atoms. The summed E-state index contributed by atoms with van der Waals surface area (Å²) < 4.78 is 10.9. The Hall–Kier alpha value is -1.95. The van der Waals surface area contributed by atoms with Crippen molar-refractivity contribution in [2.75, 3.05) is 0 Å². The second kappa shape index (κ2) is 6.34. The molecular weight excluding hydrogens is 336 g/mol. The van der Waals surface area contributed by atoms with E-state index in [0.29, 0.717) is 24.0 Å². The lowest BCUT2D eigenvalue weighted by atomic mass is 9.78. The fraction of sp³-hybridized carbons (Fsp3) is 0.650. The number of Topliss-reactive ketones (excluding diaryl/α,β-unsaturated/α-hetero) is 1. The first kappa shape index (κ1) is 18.8. The minimum absolute atomic E-state index is 0.197. The third-order valence-corrected chi connectivity index (χ3v) is 6.45. The van der Waals surface area contributed by atoms with Crippen LogP contribution in [-0.2, 0) is 23.9 Å². The molecule has 2 aliphatic carbocycles. The summed E-state index contributed by atoms with van der Waals surface area (Å²) in [7, 11) is 0. The molecule has 1 saturated heterocycles. The molecule has 0 aromatic heterocycles. The molecule has 0 amide bonds. The van der Waals surface area contributed by atoms with E-state index >= 15 is 0 Å². The number of allylic oxidation sites excluding steroid dienone is 1. The van der Waals surface area contributed by atoms with Gasteiger partial charge in [-0.25, -0.2) is 4.79 Å². The zero-order chi connectivity index (χ0) is 19.4. The molecule has 6 heteroatoms. The van der Waals surface area contributed by atoms with Crippen LogP contribution in [0, 0.1) is 17.8 Å². The summed E-state index contributed by atoms with van der Waals surface area (Å²) in [5.74, 6) is -2.04. The van der Waals surface area contributed by atoms with Crippen LogP contribution in [0.4, 0.5) is 0 Å². The van der Waals surface area contributed by atoms with Gasteiger partial charge in [-0.15, -0.1) is 0 Å². The molecule has 6 nitrogen and oxygen atoms in total. The van der Waals surface area contributed by atoms with Crippen molar-refractivity contribution < 1.29 is 29.0 Å². The van der Waals surface area contributed by atoms with Gasteiger partial charge in [-0.2, -0.15) is 0 Å². The van der Waals surface area contributed by atoms with Gasteiger partial charge >= 0.3 is 11.9 Å². The van der Waals surface area contributed by atoms with Gasteiger partial charge in [-0.1, -0.05) is 18.6 Å². The molecule has 0 spiro atoms. The van der Waals surface area contributed by atoms with Gasteiger partial charge in [0.25, 0.3) is 0 Å². The summed E-state index contributed by atoms with van der Waals surface area (Å²) in [5.41, 5.74) is 0.499. The fourth-order valence-corrected chi connectivity index (χ4v) is 4.40. The Labute approximate surface area is 153 Å². The average molecular weight is 362 g/mol. The Bertz CT molecular complexity index is 729. The molecule has 1 N–H and O–H groups in total. The largest absolute Gasteiger partial charge is 0.456 e. The molecule has 1 saturated carbocycles. The van der Waals surface area contributed by atoms with Crippen LogP contribution in [0.25, 0.3) is 0 Å². The Balaban J connectivity index is 1.95. The zero-order valence-electron chi connectivity index (χ0n) is 15.9. The fourth-order valence-electron chi connectivity index (χ4n) is 4.40. The van der Waals surface area contributed by atoms with Crippen molar-refractivity contribution in [2.24, 2.45) is 17.8 Å². The van der Waals surface area contributed by atoms with E-state index in [1.165, 1.54) is 0 Å². The van der Waals surface area contributed by atoms with Crippen LogP contribution in [0.15, 0.2) is 22.8 Å². The van der Waals surface area contributed by atoms with Gasteiger partial charge in [-0.05, 0) is 39.7 Å². The molecule has 26 heavy (non-hydrogen) atoms. The Kier molecular flexibility index (Phi) is 4.59. The highest BCUT2D eigenvalue weighted by Crippen LogP contribution is 2.51. The van der Waals surface area contributed by atoms with Gasteiger partial charge in [0.1, 0.15) is 11.7 Å². The monoisotopic (exact) mass is 362 g/mol. The zero-order valence-corrected chi connectivity index (χ0v) is 15.9. The SMILES string of the molecule is C/C=C(/C)C(=O)O[C@@H]1CC2=C(C)C(=O)[C@H]3OC(=O)[C@@H](C)[C@H]3C[C@H]2[C@]1(C)O. The van der Waals surface area contributed by atoms with E-state index in [0.717, 1.165) is 5.57 Å². The van der Waals surface area contributed by atoms with Crippen molar-refractivity contribution in [1.29, 1.82) is 0 Å². The maximum atomic E-state index is 12.8. The van der Waals surface area contributed by atoms with Gasteiger partial charge in [0.05, 0.1) is 5.92 Å². The third kappa shape index (κ3) is 2.71. The Morgan fingerprint density at radius 1 is 1.38 bits per heavy atom. The van der Waals surface area contributed by atoms with Crippen molar-refractivity contribution >= 4 is 17.7 Å². The molecule has 2 fully saturated rings. The summed E-state index contributed by atoms with van der Waals surface area (Å²) in [6, 6.07) is 0. The summed E-state index contributed by atoms with van der Waals surface area (Å²) in [4.78, 5) is 36.9. The molecule has 3 rings (SSSR count). The lowest BCUT2D eigenvalue weighted by Crippen LogP contribution is -2.43. The minimum atomic E-state index is -1.30. The summed E-state index contributed by atoms with van der Waals surface area (Å²) in [6.07, 6.45) is 0.945. The first-order valence-corrected chi connectivity index (χ1v) is 9.10. The molecule has 0 unspecified atom stereocenters. The standard InChI is InChI=1S/C20H26O6/c1-6-9(2)18(22)25-15-8-12-10(3)16(21)17-13(11(4)19(23)26-17)7-14(12)20(15,5)24/h6,11,13-15,17,24H,7-8H2,1-5H3/b9-6-/t11-,13+,14+,15+,17-,20-/m0/s1. The van der Waals surface area contributed by atoms with Gasteiger partial charge in [0.2, 0.25) is 0 Å². The number of aliphatic hydroxyl groups is 1. The number of carbonyl (C=O) groups excluding carboxylic acids is 3. The molecule has 3 aliphatic rings. The molecule has 6 atom stereocenters. The van der Waals surface area contributed by atoms with Crippen LogP contribution in [-0.4, -0.2) is 40.6 Å². The molecule has 1 heterocycles. The van der Waals surface area contributed by atoms with E-state index in [1.54, 1.807) is 40.7 Å². The second-order valence-electron chi connectivity index (χ2n) is 7.91. The van der Waals surface area contributed by atoms with E-state index in [9.17, 15) is 19.5 Å². The maximum Gasteiger partial charge on any atom is 0.333 e. The second-order valence-corrected chi connectivity index (χ2v) is 7.91. The van der Waals surface area contributed by atoms with E-state index in [4.69, 9.17) is 9.47 Å².